The molecule has 0 heterocycles. The molecule has 1 atom stereocenters. The fourth-order valence-corrected chi connectivity index (χ4v) is 2.37. The van der Waals surface area contributed by atoms with Crippen molar-refractivity contribution in [2.24, 2.45) is 0 Å². The molecular formula is C16H18INO2. The van der Waals surface area contributed by atoms with Crippen LogP contribution in [0.4, 0.5) is 5.69 Å². The molecule has 0 aliphatic carbocycles. The zero-order chi connectivity index (χ0) is 14.5. The molecule has 0 aliphatic rings. The molecule has 2 aromatic rings. The predicted molar refractivity (Wildman–Crippen MR) is 90.7 cm³/mol. The van der Waals surface area contributed by atoms with Crippen molar-refractivity contribution in [2.45, 2.75) is 13.0 Å². The maximum Gasteiger partial charge on any atom is 0.162 e. The highest BCUT2D eigenvalue weighted by atomic mass is 127. The summed E-state index contributed by atoms with van der Waals surface area (Å²) in [6.07, 6.45) is 0. The number of ether oxygens (including phenoxy) is 2. The Kier molecular flexibility index (Phi) is 5.11. The van der Waals surface area contributed by atoms with Gasteiger partial charge in [-0.1, -0.05) is 12.1 Å². The standard InChI is InChI=1S/C16H18INO2/c1-11(12-4-6-13(17)7-5-12)18-14-8-9-15(19-2)16(10-14)20-3/h4-11,18H,1-3H3. The summed E-state index contributed by atoms with van der Waals surface area (Å²) in [6.45, 7) is 2.14. The fourth-order valence-electron chi connectivity index (χ4n) is 2.01. The first-order chi connectivity index (χ1) is 9.63. The average Bonchev–Trinajstić information content (AvgIpc) is 2.47. The Morgan fingerprint density at radius 2 is 1.60 bits per heavy atom. The van der Waals surface area contributed by atoms with E-state index in [1.165, 1.54) is 9.13 Å². The summed E-state index contributed by atoms with van der Waals surface area (Å²) in [7, 11) is 3.28. The normalized spacial score (nSPS) is 11.8. The van der Waals surface area contributed by atoms with Crippen LogP contribution in [0.15, 0.2) is 42.5 Å². The Bertz CT molecular complexity index is 569. The van der Waals surface area contributed by atoms with Crippen LogP contribution in [0.2, 0.25) is 0 Å². The third-order valence-electron chi connectivity index (χ3n) is 3.14. The van der Waals surface area contributed by atoms with Crippen LogP contribution in [0, 0.1) is 3.57 Å². The van der Waals surface area contributed by atoms with Gasteiger partial charge in [0.1, 0.15) is 0 Å². The van der Waals surface area contributed by atoms with E-state index in [0.29, 0.717) is 0 Å². The summed E-state index contributed by atoms with van der Waals surface area (Å²) >= 11 is 2.31. The largest absolute Gasteiger partial charge is 0.493 e. The first kappa shape index (κ1) is 15.0. The van der Waals surface area contributed by atoms with E-state index >= 15 is 0 Å². The van der Waals surface area contributed by atoms with Gasteiger partial charge in [0.15, 0.2) is 11.5 Å². The van der Waals surface area contributed by atoms with Gasteiger partial charge in [-0.3, -0.25) is 0 Å². The maximum absolute atomic E-state index is 5.31. The van der Waals surface area contributed by atoms with E-state index in [9.17, 15) is 0 Å². The van der Waals surface area contributed by atoms with Gasteiger partial charge in [0.05, 0.1) is 14.2 Å². The van der Waals surface area contributed by atoms with Crippen LogP contribution in [0.1, 0.15) is 18.5 Å². The van der Waals surface area contributed by atoms with Crippen LogP contribution in [0.5, 0.6) is 11.5 Å². The van der Waals surface area contributed by atoms with Crippen molar-refractivity contribution in [2.75, 3.05) is 19.5 Å². The van der Waals surface area contributed by atoms with Crippen molar-refractivity contribution in [1.29, 1.82) is 0 Å². The summed E-state index contributed by atoms with van der Waals surface area (Å²) in [5, 5.41) is 3.47. The Hall–Kier alpha value is -1.43. The summed E-state index contributed by atoms with van der Waals surface area (Å²) in [6, 6.07) is 14.6. The summed E-state index contributed by atoms with van der Waals surface area (Å²) in [5.74, 6) is 1.47. The second-order valence-electron chi connectivity index (χ2n) is 4.49. The molecule has 3 nitrogen and oxygen atoms in total. The summed E-state index contributed by atoms with van der Waals surface area (Å²) in [4.78, 5) is 0. The molecule has 20 heavy (non-hydrogen) atoms. The van der Waals surface area contributed by atoms with Gasteiger partial charge in [0, 0.05) is 21.4 Å². The summed E-state index contributed by atoms with van der Waals surface area (Å²) < 4.78 is 11.8. The van der Waals surface area contributed by atoms with Crippen LogP contribution < -0.4 is 14.8 Å². The highest BCUT2D eigenvalue weighted by molar-refractivity contribution is 14.1. The minimum Gasteiger partial charge on any atom is -0.493 e. The van der Waals surface area contributed by atoms with E-state index in [4.69, 9.17) is 9.47 Å². The van der Waals surface area contributed by atoms with Crippen molar-refractivity contribution < 1.29 is 9.47 Å². The zero-order valence-corrected chi connectivity index (χ0v) is 14.0. The molecule has 1 unspecified atom stereocenters. The van der Waals surface area contributed by atoms with Gasteiger partial charge < -0.3 is 14.8 Å². The van der Waals surface area contributed by atoms with E-state index in [-0.39, 0.29) is 6.04 Å². The molecule has 2 rings (SSSR count). The number of hydrogen-bond donors (Lipinski definition) is 1. The van der Waals surface area contributed by atoms with Crippen molar-refractivity contribution in [3.05, 3.63) is 51.6 Å². The molecular weight excluding hydrogens is 365 g/mol. The van der Waals surface area contributed by atoms with Crippen molar-refractivity contribution in [3.63, 3.8) is 0 Å². The van der Waals surface area contributed by atoms with E-state index in [0.717, 1.165) is 17.2 Å². The van der Waals surface area contributed by atoms with Crippen LogP contribution in [0.25, 0.3) is 0 Å². The molecule has 1 N–H and O–H groups in total. The second kappa shape index (κ2) is 6.83. The highest BCUT2D eigenvalue weighted by Crippen LogP contribution is 2.31. The lowest BCUT2D eigenvalue weighted by Crippen LogP contribution is -2.06. The molecule has 0 amide bonds. The Morgan fingerprint density at radius 1 is 0.950 bits per heavy atom. The molecule has 0 spiro atoms. The summed E-state index contributed by atoms with van der Waals surface area (Å²) in [5.41, 5.74) is 2.26. The minimum atomic E-state index is 0.227. The molecule has 0 saturated carbocycles. The van der Waals surface area contributed by atoms with Gasteiger partial charge in [-0.25, -0.2) is 0 Å². The van der Waals surface area contributed by atoms with Crippen LogP contribution in [0.3, 0.4) is 0 Å². The lowest BCUT2D eigenvalue weighted by Gasteiger charge is -2.17. The lowest BCUT2D eigenvalue weighted by molar-refractivity contribution is 0.355. The van der Waals surface area contributed by atoms with E-state index < -0.39 is 0 Å². The molecule has 4 heteroatoms. The minimum absolute atomic E-state index is 0.227. The number of halogens is 1. The molecule has 2 aromatic carbocycles. The van der Waals surface area contributed by atoms with Crippen molar-refractivity contribution in [3.8, 4) is 11.5 Å². The third-order valence-corrected chi connectivity index (χ3v) is 3.86. The Balaban J connectivity index is 2.15. The lowest BCUT2D eigenvalue weighted by atomic mass is 10.1. The van der Waals surface area contributed by atoms with Crippen molar-refractivity contribution in [1.82, 2.24) is 0 Å². The van der Waals surface area contributed by atoms with Gasteiger partial charge in [-0.2, -0.15) is 0 Å². The molecule has 0 aliphatic heterocycles. The molecule has 0 radical (unpaired) electrons. The van der Waals surface area contributed by atoms with Crippen molar-refractivity contribution >= 4 is 28.3 Å². The van der Waals surface area contributed by atoms with Gasteiger partial charge in [0.2, 0.25) is 0 Å². The zero-order valence-electron chi connectivity index (χ0n) is 11.8. The van der Waals surface area contributed by atoms with Gasteiger partial charge in [0.25, 0.3) is 0 Å². The van der Waals surface area contributed by atoms with Crippen LogP contribution in [-0.4, -0.2) is 14.2 Å². The molecule has 0 saturated heterocycles. The van der Waals surface area contributed by atoms with Gasteiger partial charge in [-0.05, 0) is 59.3 Å². The highest BCUT2D eigenvalue weighted by Gasteiger charge is 2.08. The van der Waals surface area contributed by atoms with Crippen LogP contribution in [-0.2, 0) is 0 Å². The maximum atomic E-state index is 5.31. The predicted octanol–water partition coefficient (Wildman–Crippen LogP) is 4.48. The third kappa shape index (κ3) is 3.56. The van der Waals surface area contributed by atoms with Gasteiger partial charge >= 0.3 is 0 Å². The molecule has 106 valence electrons. The number of hydrogen-bond acceptors (Lipinski definition) is 3. The number of benzene rings is 2. The van der Waals surface area contributed by atoms with Gasteiger partial charge in [-0.15, -0.1) is 0 Å². The Morgan fingerprint density at radius 3 is 2.20 bits per heavy atom. The number of nitrogens with one attached hydrogen (secondary N) is 1. The second-order valence-corrected chi connectivity index (χ2v) is 5.73. The number of rotatable bonds is 5. The topological polar surface area (TPSA) is 30.5 Å². The SMILES string of the molecule is COc1ccc(NC(C)c2ccc(I)cc2)cc1OC. The Labute approximate surface area is 133 Å². The average molecular weight is 383 g/mol. The first-order valence-corrected chi connectivity index (χ1v) is 7.46. The monoisotopic (exact) mass is 383 g/mol. The smallest absolute Gasteiger partial charge is 0.162 e. The molecule has 0 fully saturated rings. The molecule has 0 aromatic heterocycles. The van der Waals surface area contributed by atoms with E-state index in [1.54, 1.807) is 14.2 Å². The molecule has 0 bridgehead atoms. The number of anilines is 1. The fraction of sp³-hybridized carbons (Fsp3) is 0.250. The van der Waals surface area contributed by atoms with Crippen LogP contribution >= 0.6 is 22.6 Å². The van der Waals surface area contributed by atoms with E-state index in [1.807, 2.05) is 18.2 Å². The number of methoxy groups -OCH3 is 2. The first-order valence-electron chi connectivity index (χ1n) is 6.38. The quantitative estimate of drug-likeness (QED) is 0.773. The van der Waals surface area contributed by atoms with E-state index in [2.05, 4.69) is 59.1 Å².